The van der Waals surface area contributed by atoms with Gasteiger partial charge in [0.25, 0.3) is 0 Å². The summed E-state index contributed by atoms with van der Waals surface area (Å²) < 4.78 is 10.5. The molecule has 0 saturated heterocycles. The fourth-order valence-corrected chi connectivity index (χ4v) is 1.22. The lowest BCUT2D eigenvalue weighted by molar-refractivity contribution is 0.175. The third kappa shape index (κ3) is 5.49. The average molecular weight is 239 g/mol. The molecule has 0 radical (unpaired) electrons. The van der Waals surface area contributed by atoms with Crippen LogP contribution >= 0.6 is 0 Å². The molecule has 0 fully saturated rings. The molecule has 0 aromatic carbocycles. The topological polar surface area (TPSA) is 70.3 Å². The zero-order valence-corrected chi connectivity index (χ0v) is 11.0. The zero-order valence-electron chi connectivity index (χ0n) is 11.0. The smallest absolute Gasteiger partial charge is 0.218 e. The van der Waals surface area contributed by atoms with Crippen LogP contribution in [0.3, 0.4) is 0 Å². The molecule has 0 saturated carbocycles. The van der Waals surface area contributed by atoms with Gasteiger partial charge < -0.3 is 15.2 Å². The number of nitrogens with two attached hydrogens (primary N) is 1. The predicted octanol–water partition coefficient (Wildman–Crippen LogP) is 2.02. The molecule has 0 bridgehead atoms. The molecule has 0 atom stereocenters. The van der Waals surface area contributed by atoms with Gasteiger partial charge in [0.1, 0.15) is 12.4 Å². The lowest BCUT2D eigenvalue weighted by atomic mass is 9.93. The van der Waals surface area contributed by atoms with E-state index in [4.69, 9.17) is 15.2 Å². The van der Waals surface area contributed by atoms with Crippen molar-refractivity contribution in [3.8, 4) is 5.88 Å². The summed E-state index contributed by atoms with van der Waals surface area (Å²) in [6.45, 7) is 7.45. The fraction of sp³-hybridized carbons (Fsp3) is 0.667. The molecule has 96 valence electrons. The SMILES string of the molecule is COCc1nc(N)cc(OCCC(C)(C)C)n1. The average Bonchev–Trinajstić information content (AvgIpc) is 2.15. The second-order valence-electron chi connectivity index (χ2n) is 5.14. The monoisotopic (exact) mass is 239 g/mol. The molecule has 0 aliphatic heterocycles. The van der Waals surface area contributed by atoms with Crippen molar-refractivity contribution in [1.82, 2.24) is 9.97 Å². The highest BCUT2D eigenvalue weighted by Crippen LogP contribution is 2.19. The van der Waals surface area contributed by atoms with Crippen LogP contribution < -0.4 is 10.5 Å². The van der Waals surface area contributed by atoms with E-state index < -0.39 is 0 Å². The molecule has 5 heteroatoms. The summed E-state index contributed by atoms with van der Waals surface area (Å²) in [5.41, 5.74) is 5.90. The van der Waals surface area contributed by atoms with E-state index in [1.807, 2.05) is 0 Å². The first-order valence-corrected chi connectivity index (χ1v) is 5.66. The Morgan fingerprint density at radius 1 is 1.29 bits per heavy atom. The number of ether oxygens (including phenoxy) is 2. The summed E-state index contributed by atoms with van der Waals surface area (Å²) in [6.07, 6.45) is 0.955. The number of aromatic nitrogens is 2. The van der Waals surface area contributed by atoms with Crippen LogP contribution in [0.15, 0.2) is 6.07 Å². The predicted molar refractivity (Wildman–Crippen MR) is 66.7 cm³/mol. The molecule has 0 aliphatic carbocycles. The second-order valence-corrected chi connectivity index (χ2v) is 5.14. The van der Waals surface area contributed by atoms with Gasteiger partial charge in [-0.2, -0.15) is 4.98 Å². The van der Waals surface area contributed by atoms with Crippen molar-refractivity contribution in [2.75, 3.05) is 19.5 Å². The van der Waals surface area contributed by atoms with Crippen LogP contribution in [0.2, 0.25) is 0 Å². The van der Waals surface area contributed by atoms with E-state index in [1.165, 1.54) is 0 Å². The number of methoxy groups -OCH3 is 1. The molecular formula is C12H21N3O2. The third-order valence-electron chi connectivity index (χ3n) is 2.14. The Labute approximate surface area is 102 Å². The molecule has 0 amide bonds. The van der Waals surface area contributed by atoms with Gasteiger partial charge in [-0.15, -0.1) is 0 Å². The molecule has 5 nitrogen and oxygen atoms in total. The first-order chi connectivity index (χ1) is 7.90. The lowest BCUT2D eigenvalue weighted by Gasteiger charge is -2.17. The molecule has 1 aromatic heterocycles. The van der Waals surface area contributed by atoms with Crippen molar-refractivity contribution in [2.45, 2.75) is 33.8 Å². The summed E-state index contributed by atoms with van der Waals surface area (Å²) in [7, 11) is 1.59. The van der Waals surface area contributed by atoms with Crippen LogP contribution in [0.1, 0.15) is 33.0 Å². The van der Waals surface area contributed by atoms with E-state index in [0.717, 1.165) is 6.42 Å². The van der Waals surface area contributed by atoms with Crippen molar-refractivity contribution in [2.24, 2.45) is 5.41 Å². The van der Waals surface area contributed by atoms with Crippen LogP contribution in [-0.4, -0.2) is 23.7 Å². The molecule has 2 N–H and O–H groups in total. The van der Waals surface area contributed by atoms with Gasteiger partial charge >= 0.3 is 0 Å². The van der Waals surface area contributed by atoms with Crippen LogP contribution in [0.4, 0.5) is 5.82 Å². The minimum Gasteiger partial charge on any atom is -0.478 e. The highest BCUT2D eigenvalue weighted by atomic mass is 16.5. The maximum absolute atomic E-state index is 5.66. The molecule has 1 rings (SSSR count). The summed E-state index contributed by atoms with van der Waals surface area (Å²) in [5.74, 6) is 1.45. The molecule has 17 heavy (non-hydrogen) atoms. The van der Waals surface area contributed by atoms with Crippen LogP contribution in [0.25, 0.3) is 0 Å². The van der Waals surface area contributed by atoms with E-state index in [0.29, 0.717) is 30.7 Å². The molecular weight excluding hydrogens is 218 g/mol. The first-order valence-electron chi connectivity index (χ1n) is 5.66. The van der Waals surface area contributed by atoms with Crippen LogP contribution in [0.5, 0.6) is 5.88 Å². The number of anilines is 1. The van der Waals surface area contributed by atoms with E-state index >= 15 is 0 Å². The van der Waals surface area contributed by atoms with Gasteiger partial charge in [0, 0.05) is 13.2 Å². The maximum atomic E-state index is 5.66. The summed E-state index contributed by atoms with van der Waals surface area (Å²) >= 11 is 0. The highest BCUT2D eigenvalue weighted by Gasteiger charge is 2.10. The zero-order chi connectivity index (χ0) is 12.9. The summed E-state index contributed by atoms with van der Waals surface area (Å²) in [6, 6.07) is 1.63. The number of nitrogens with zero attached hydrogens (tertiary/aromatic N) is 2. The second kappa shape index (κ2) is 5.82. The highest BCUT2D eigenvalue weighted by molar-refractivity contribution is 5.32. The van der Waals surface area contributed by atoms with Crippen molar-refractivity contribution in [3.05, 3.63) is 11.9 Å². The molecule has 1 aromatic rings. The van der Waals surface area contributed by atoms with E-state index in [-0.39, 0.29) is 5.41 Å². The molecule has 1 heterocycles. The Morgan fingerprint density at radius 2 is 2.00 bits per heavy atom. The van der Waals surface area contributed by atoms with Gasteiger partial charge in [-0.25, -0.2) is 4.98 Å². The minimum atomic E-state index is 0.244. The lowest BCUT2D eigenvalue weighted by Crippen LogP contribution is -2.12. The Kier molecular flexibility index (Phi) is 4.69. The van der Waals surface area contributed by atoms with Crippen molar-refractivity contribution >= 4 is 5.82 Å². The number of nitrogen functional groups attached to an aromatic ring is 1. The van der Waals surface area contributed by atoms with Gasteiger partial charge in [-0.3, -0.25) is 0 Å². The first kappa shape index (κ1) is 13.7. The van der Waals surface area contributed by atoms with Gasteiger partial charge in [-0.05, 0) is 11.8 Å². The Hall–Kier alpha value is -1.36. The fourth-order valence-electron chi connectivity index (χ4n) is 1.22. The van der Waals surface area contributed by atoms with E-state index in [1.54, 1.807) is 13.2 Å². The normalized spacial score (nSPS) is 11.5. The van der Waals surface area contributed by atoms with Gasteiger partial charge in [0.15, 0.2) is 5.82 Å². The van der Waals surface area contributed by atoms with Crippen molar-refractivity contribution < 1.29 is 9.47 Å². The molecule has 0 spiro atoms. The number of hydrogen-bond acceptors (Lipinski definition) is 5. The largest absolute Gasteiger partial charge is 0.478 e. The molecule has 0 unspecified atom stereocenters. The van der Waals surface area contributed by atoms with Gasteiger partial charge in [0.2, 0.25) is 5.88 Å². The van der Waals surface area contributed by atoms with Crippen LogP contribution in [-0.2, 0) is 11.3 Å². The van der Waals surface area contributed by atoms with Gasteiger partial charge in [-0.1, -0.05) is 20.8 Å². The Bertz CT molecular complexity index is 361. The standard InChI is InChI=1S/C12H21N3O2/c1-12(2,3)5-6-17-11-7-9(13)14-10(15-11)8-16-4/h7H,5-6,8H2,1-4H3,(H2,13,14,15). The van der Waals surface area contributed by atoms with Crippen molar-refractivity contribution in [1.29, 1.82) is 0 Å². The number of hydrogen-bond donors (Lipinski definition) is 1. The number of rotatable bonds is 5. The van der Waals surface area contributed by atoms with Gasteiger partial charge in [0.05, 0.1) is 6.61 Å². The Balaban J connectivity index is 2.58. The minimum absolute atomic E-state index is 0.244. The summed E-state index contributed by atoms with van der Waals surface area (Å²) in [4.78, 5) is 8.25. The quantitative estimate of drug-likeness (QED) is 0.851. The van der Waals surface area contributed by atoms with Crippen molar-refractivity contribution in [3.63, 3.8) is 0 Å². The maximum Gasteiger partial charge on any atom is 0.218 e. The third-order valence-corrected chi connectivity index (χ3v) is 2.14. The van der Waals surface area contributed by atoms with Crippen LogP contribution in [0, 0.1) is 5.41 Å². The molecule has 0 aliphatic rings. The summed E-state index contributed by atoms with van der Waals surface area (Å²) in [5, 5.41) is 0. The van der Waals surface area contributed by atoms with E-state index in [2.05, 4.69) is 30.7 Å². The van der Waals surface area contributed by atoms with E-state index in [9.17, 15) is 0 Å². The Morgan fingerprint density at radius 3 is 2.59 bits per heavy atom.